The van der Waals surface area contributed by atoms with E-state index in [1.54, 1.807) is 6.92 Å². The molecule has 0 saturated carbocycles. The summed E-state index contributed by atoms with van der Waals surface area (Å²) in [6.07, 6.45) is 0. The van der Waals surface area contributed by atoms with Gasteiger partial charge < -0.3 is 14.8 Å². The van der Waals surface area contributed by atoms with Gasteiger partial charge in [-0.1, -0.05) is 20.8 Å². The second-order valence-electron chi connectivity index (χ2n) is 7.01. The van der Waals surface area contributed by atoms with Gasteiger partial charge in [0.15, 0.2) is 0 Å². The predicted octanol–water partition coefficient (Wildman–Crippen LogP) is 1.89. The van der Waals surface area contributed by atoms with E-state index in [-0.39, 0.29) is 17.4 Å². The monoisotopic (exact) mass is 300 g/mol. The molecular formula is C14H26NO4Si. The fraction of sp³-hybridized carbons (Fsp3) is 0.857. The third-order valence-electron chi connectivity index (χ3n) is 4.38. The largest absolute Gasteiger partial charge is 0.481 e. The topological polar surface area (TPSA) is 75.6 Å². The van der Waals surface area contributed by atoms with E-state index in [1.165, 1.54) is 0 Å². The van der Waals surface area contributed by atoms with E-state index < -0.39 is 32.4 Å². The maximum atomic E-state index is 12.1. The molecule has 0 bridgehead atoms. The van der Waals surface area contributed by atoms with Crippen molar-refractivity contribution in [3.63, 3.8) is 0 Å². The highest BCUT2D eigenvalue weighted by Gasteiger charge is 2.59. The Morgan fingerprint density at radius 3 is 2.15 bits per heavy atom. The van der Waals surface area contributed by atoms with Crippen molar-refractivity contribution in [3.05, 3.63) is 0 Å². The molecule has 0 spiro atoms. The van der Waals surface area contributed by atoms with Gasteiger partial charge in [0, 0.05) is 0 Å². The molecule has 1 saturated heterocycles. The van der Waals surface area contributed by atoms with Gasteiger partial charge in [-0.25, -0.2) is 0 Å². The maximum Gasteiger partial charge on any atom is 0.308 e. The number of β-lactam (4-membered cyclic amide) rings is 1. The lowest BCUT2D eigenvalue weighted by molar-refractivity contribution is -0.166. The summed E-state index contributed by atoms with van der Waals surface area (Å²) >= 11 is 0. The third kappa shape index (κ3) is 2.91. The fourth-order valence-electron chi connectivity index (χ4n) is 2.67. The van der Waals surface area contributed by atoms with Gasteiger partial charge in [-0.05, 0) is 32.4 Å². The Kier molecular flexibility index (Phi) is 4.71. The van der Waals surface area contributed by atoms with Crippen LogP contribution in [0.1, 0.15) is 34.6 Å². The van der Waals surface area contributed by atoms with Crippen LogP contribution in [0.4, 0.5) is 0 Å². The molecule has 1 amide bonds. The zero-order valence-electron chi connectivity index (χ0n) is 13.4. The van der Waals surface area contributed by atoms with Crippen molar-refractivity contribution in [2.24, 2.45) is 17.3 Å². The summed E-state index contributed by atoms with van der Waals surface area (Å²) in [5.74, 6) is -2.04. The standard InChI is InChI=1S/C14H26NO4Si/c1-8(12(17)18)10-9(11(16)15-10)14(5,13(2,3)4)19-20(6)7/h8-10H,1-7H3,(H,15,16)(H,17,18). The number of carbonyl (C=O) groups excluding carboxylic acids is 1. The van der Waals surface area contributed by atoms with Gasteiger partial charge in [-0.2, -0.15) is 0 Å². The highest BCUT2D eigenvalue weighted by molar-refractivity contribution is 6.48. The van der Waals surface area contributed by atoms with Crippen LogP contribution in [0.15, 0.2) is 0 Å². The van der Waals surface area contributed by atoms with E-state index in [0.29, 0.717) is 0 Å². The average Bonchev–Trinajstić information content (AvgIpc) is 2.21. The first-order valence-electron chi connectivity index (χ1n) is 6.94. The number of hydrogen-bond acceptors (Lipinski definition) is 3. The lowest BCUT2D eigenvalue weighted by Gasteiger charge is -2.55. The molecule has 0 aromatic carbocycles. The van der Waals surface area contributed by atoms with E-state index >= 15 is 0 Å². The highest BCUT2D eigenvalue weighted by Crippen LogP contribution is 2.45. The van der Waals surface area contributed by atoms with E-state index in [2.05, 4.69) is 5.32 Å². The molecule has 2 N–H and O–H groups in total. The first kappa shape index (κ1) is 17.2. The summed E-state index contributed by atoms with van der Waals surface area (Å²) in [5.41, 5.74) is -0.921. The van der Waals surface area contributed by atoms with Gasteiger partial charge >= 0.3 is 5.97 Å². The molecule has 1 aliphatic heterocycles. The zero-order valence-corrected chi connectivity index (χ0v) is 14.4. The van der Waals surface area contributed by atoms with Crippen molar-refractivity contribution in [1.82, 2.24) is 5.32 Å². The molecule has 4 unspecified atom stereocenters. The number of nitrogens with one attached hydrogen (secondary N) is 1. The summed E-state index contributed by atoms with van der Waals surface area (Å²) in [6, 6.07) is -0.370. The van der Waals surface area contributed by atoms with Crippen LogP contribution in [0.2, 0.25) is 13.1 Å². The van der Waals surface area contributed by atoms with E-state index in [1.807, 2.05) is 40.8 Å². The minimum Gasteiger partial charge on any atom is -0.481 e. The molecule has 5 nitrogen and oxygen atoms in total. The van der Waals surface area contributed by atoms with Gasteiger partial charge in [0.25, 0.3) is 0 Å². The van der Waals surface area contributed by atoms with E-state index in [4.69, 9.17) is 4.43 Å². The number of carbonyl (C=O) groups is 2. The Balaban J connectivity index is 3.13. The highest BCUT2D eigenvalue weighted by atomic mass is 28.3. The Morgan fingerprint density at radius 2 is 1.85 bits per heavy atom. The van der Waals surface area contributed by atoms with Gasteiger partial charge in [-0.3, -0.25) is 9.59 Å². The van der Waals surface area contributed by atoms with Crippen molar-refractivity contribution in [1.29, 1.82) is 0 Å². The Labute approximate surface area is 122 Å². The average molecular weight is 300 g/mol. The van der Waals surface area contributed by atoms with Crippen molar-refractivity contribution >= 4 is 20.9 Å². The Hall–Kier alpha value is -0.883. The molecule has 0 aromatic heterocycles. The number of aliphatic carboxylic acids is 1. The summed E-state index contributed by atoms with van der Waals surface area (Å²) in [5, 5.41) is 11.9. The van der Waals surface area contributed by atoms with Crippen LogP contribution in [-0.2, 0) is 14.0 Å². The van der Waals surface area contributed by atoms with E-state index in [9.17, 15) is 14.7 Å². The van der Waals surface area contributed by atoms with Gasteiger partial charge in [0.2, 0.25) is 14.9 Å². The Bertz CT molecular complexity index is 404. The number of rotatable bonds is 5. The Morgan fingerprint density at radius 1 is 1.35 bits per heavy atom. The predicted molar refractivity (Wildman–Crippen MR) is 78.6 cm³/mol. The molecule has 1 fully saturated rings. The SMILES string of the molecule is CC(C(=O)O)C1NC(=O)C1C(C)(O[Si](C)C)C(C)(C)C. The van der Waals surface area contributed by atoms with Crippen molar-refractivity contribution in [2.45, 2.75) is 59.4 Å². The van der Waals surface area contributed by atoms with Crippen molar-refractivity contribution < 1.29 is 19.1 Å². The lowest BCUT2D eigenvalue weighted by atomic mass is 9.62. The first-order valence-corrected chi connectivity index (χ1v) is 9.35. The summed E-state index contributed by atoms with van der Waals surface area (Å²) < 4.78 is 6.18. The molecule has 20 heavy (non-hydrogen) atoms. The van der Waals surface area contributed by atoms with Gasteiger partial charge in [0.1, 0.15) is 0 Å². The van der Waals surface area contributed by atoms with Crippen LogP contribution in [0.3, 0.4) is 0 Å². The molecule has 0 aliphatic carbocycles. The molecule has 1 rings (SSSR count). The molecule has 6 heteroatoms. The smallest absolute Gasteiger partial charge is 0.308 e. The van der Waals surface area contributed by atoms with Crippen LogP contribution in [-0.4, -0.2) is 37.7 Å². The normalized spacial score (nSPS) is 27.5. The van der Waals surface area contributed by atoms with Gasteiger partial charge in [-0.15, -0.1) is 0 Å². The third-order valence-corrected chi connectivity index (χ3v) is 5.21. The second kappa shape index (κ2) is 5.48. The quantitative estimate of drug-likeness (QED) is 0.600. The molecular weight excluding hydrogens is 274 g/mol. The molecule has 0 aromatic rings. The van der Waals surface area contributed by atoms with Crippen molar-refractivity contribution in [2.75, 3.05) is 0 Å². The summed E-state index contributed by atoms with van der Waals surface area (Å²) in [7, 11) is -1.01. The maximum absolute atomic E-state index is 12.1. The van der Waals surface area contributed by atoms with Crippen LogP contribution < -0.4 is 5.32 Å². The zero-order chi connectivity index (χ0) is 15.9. The number of amides is 1. The minimum atomic E-state index is -1.01. The minimum absolute atomic E-state index is 0.108. The molecule has 1 radical (unpaired) electrons. The number of carboxylic acid groups (broad SMARTS) is 1. The molecule has 4 atom stereocenters. The fourth-order valence-corrected chi connectivity index (χ4v) is 3.95. The summed E-state index contributed by atoms with van der Waals surface area (Å²) in [4.78, 5) is 23.3. The molecule has 115 valence electrons. The number of hydrogen-bond donors (Lipinski definition) is 2. The molecule has 1 heterocycles. The van der Waals surface area contributed by atoms with Gasteiger partial charge in [0.05, 0.1) is 23.5 Å². The van der Waals surface area contributed by atoms with Crippen molar-refractivity contribution in [3.8, 4) is 0 Å². The summed E-state index contributed by atoms with van der Waals surface area (Å²) in [6.45, 7) is 13.7. The van der Waals surface area contributed by atoms with E-state index in [0.717, 1.165) is 0 Å². The number of carboxylic acids is 1. The lowest BCUT2D eigenvalue weighted by Crippen LogP contribution is -2.72. The van der Waals surface area contributed by atoms with Crippen LogP contribution in [0.25, 0.3) is 0 Å². The molecule has 1 aliphatic rings. The second-order valence-corrected chi connectivity index (χ2v) is 9.03. The van der Waals surface area contributed by atoms with Crippen LogP contribution in [0, 0.1) is 17.3 Å². The first-order chi connectivity index (χ1) is 8.91. The van der Waals surface area contributed by atoms with Crippen LogP contribution >= 0.6 is 0 Å². The van der Waals surface area contributed by atoms with Crippen LogP contribution in [0.5, 0.6) is 0 Å².